The number of methoxy groups -OCH3 is 1. The van der Waals surface area contributed by atoms with Crippen LogP contribution in [0.1, 0.15) is 26.2 Å². The van der Waals surface area contributed by atoms with E-state index in [-0.39, 0.29) is 0 Å². The minimum absolute atomic E-state index is 0.777. The standard InChI is InChI=1S/C9H19NO/c1-9-5-3-4-6-10(9)7-8-11-2/h9H,3-8H2,1-2H3/t9-/m0/s1. The van der Waals surface area contributed by atoms with Gasteiger partial charge in [0.1, 0.15) is 0 Å². The van der Waals surface area contributed by atoms with E-state index in [1.807, 2.05) is 0 Å². The van der Waals surface area contributed by atoms with Gasteiger partial charge >= 0.3 is 0 Å². The molecule has 0 N–H and O–H groups in total. The van der Waals surface area contributed by atoms with Crippen LogP contribution in [0.4, 0.5) is 0 Å². The second-order valence-electron chi connectivity index (χ2n) is 3.37. The van der Waals surface area contributed by atoms with E-state index < -0.39 is 0 Å². The summed E-state index contributed by atoms with van der Waals surface area (Å²) in [5.41, 5.74) is 0. The van der Waals surface area contributed by atoms with Crippen LogP contribution in [0.15, 0.2) is 0 Å². The predicted molar refractivity (Wildman–Crippen MR) is 46.8 cm³/mol. The van der Waals surface area contributed by atoms with Crippen LogP contribution in [0.3, 0.4) is 0 Å². The van der Waals surface area contributed by atoms with Crippen molar-refractivity contribution in [2.75, 3.05) is 26.8 Å². The van der Waals surface area contributed by atoms with E-state index in [4.69, 9.17) is 4.74 Å². The first kappa shape index (κ1) is 9.01. The Morgan fingerprint density at radius 2 is 2.27 bits per heavy atom. The average molecular weight is 157 g/mol. The van der Waals surface area contributed by atoms with Crippen LogP contribution in [0.2, 0.25) is 0 Å². The second kappa shape index (κ2) is 4.73. The highest BCUT2D eigenvalue weighted by Gasteiger charge is 2.16. The van der Waals surface area contributed by atoms with E-state index >= 15 is 0 Å². The van der Waals surface area contributed by atoms with E-state index in [1.165, 1.54) is 25.8 Å². The molecule has 0 unspecified atom stereocenters. The molecule has 11 heavy (non-hydrogen) atoms. The molecule has 0 amide bonds. The van der Waals surface area contributed by atoms with Crippen molar-refractivity contribution in [1.82, 2.24) is 4.90 Å². The van der Waals surface area contributed by atoms with Crippen molar-refractivity contribution in [3.8, 4) is 0 Å². The van der Waals surface area contributed by atoms with Crippen molar-refractivity contribution < 1.29 is 4.74 Å². The Morgan fingerprint density at radius 3 is 2.91 bits per heavy atom. The van der Waals surface area contributed by atoms with Gasteiger partial charge in [0.05, 0.1) is 6.61 Å². The van der Waals surface area contributed by atoms with E-state index in [0.29, 0.717) is 0 Å². The molecule has 0 aromatic rings. The first-order valence-electron chi connectivity index (χ1n) is 4.57. The van der Waals surface area contributed by atoms with Gasteiger partial charge < -0.3 is 4.74 Å². The van der Waals surface area contributed by atoms with Crippen LogP contribution in [0, 0.1) is 0 Å². The molecule has 0 spiro atoms. The number of rotatable bonds is 3. The molecule has 2 heteroatoms. The van der Waals surface area contributed by atoms with Crippen LogP contribution in [0.5, 0.6) is 0 Å². The molecule has 0 bridgehead atoms. The van der Waals surface area contributed by atoms with E-state index in [2.05, 4.69) is 11.8 Å². The van der Waals surface area contributed by atoms with Gasteiger partial charge in [0.2, 0.25) is 0 Å². The lowest BCUT2D eigenvalue weighted by atomic mass is 10.0. The first-order valence-corrected chi connectivity index (χ1v) is 4.57. The predicted octanol–water partition coefficient (Wildman–Crippen LogP) is 1.51. The third-order valence-corrected chi connectivity index (χ3v) is 2.52. The molecule has 2 nitrogen and oxygen atoms in total. The van der Waals surface area contributed by atoms with Crippen LogP contribution in [-0.4, -0.2) is 37.7 Å². The highest BCUT2D eigenvalue weighted by Crippen LogP contribution is 2.15. The van der Waals surface area contributed by atoms with Crippen LogP contribution in [-0.2, 0) is 4.74 Å². The van der Waals surface area contributed by atoms with Gasteiger partial charge in [0.25, 0.3) is 0 Å². The molecule has 1 aliphatic rings. The maximum atomic E-state index is 5.05. The van der Waals surface area contributed by atoms with Crippen molar-refractivity contribution in [2.45, 2.75) is 32.2 Å². The summed E-state index contributed by atoms with van der Waals surface area (Å²) < 4.78 is 5.05. The van der Waals surface area contributed by atoms with Gasteiger partial charge in [-0.2, -0.15) is 0 Å². The van der Waals surface area contributed by atoms with Crippen molar-refractivity contribution in [3.63, 3.8) is 0 Å². The maximum absolute atomic E-state index is 5.05. The van der Waals surface area contributed by atoms with E-state index in [1.54, 1.807) is 7.11 Å². The third kappa shape index (κ3) is 2.80. The van der Waals surface area contributed by atoms with Gasteiger partial charge in [0.15, 0.2) is 0 Å². The van der Waals surface area contributed by atoms with Gasteiger partial charge in [-0.3, -0.25) is 4.90 Å². The molecule has 66 valence electrons. The first-order chi connectivity index (χ1) is 5.34. The summed E-state index contributed by atoms with van der Waals surface area (Å²) in [5, 5.41) is 0. The Balaban J connectivity index is 2.18. The Hall–Kier alpha value is -0.0800. The van der Waals surface area contributed by atoms with E-state index in [0.717, 1.165) is 19.2 Å². The summed E-state index contributed by atoms with van der Waals surface area (Å²) >= 11 is 0. The number of piperidine rings is 1. The number of hydrogen-bond donors (Lipinski definition) is 0. The lowest BCUT2D eigenvalue weighted by Gasteiger charge is -2.32. The minimum atomic E-state index is 0.777. The normalized spacial score (nSPS) is 27.3. The third-order valence-electron chi connectivity index (χ3n) is 2.52. The quantitative estimate of drug-likeness (QED) is 0.615. The smallest absolute Gasteiger partial charge is 0.0589 e. The number of hydrogen-bond acceptors (Lipinski definition) is 2. The summed E-state index contributed by atoms with van der Waals surface area (Å²) in [7, 11) is 1.77. The Labute approximate surface area is 69.5 Å². The van der Waals surface area contributed by atoms with Gasteiger partial charge in [-0.05, 0) is 26.3 Å². The van der Waals surface area contributed by atoms with E-state index in [9.17, 15) is 0 Å². The minimum Gasteiger partial charge on any atom is -0.383 e. The molecule has 1 saturated heterocycles. The molecular weight excluding hydrogens is 138 g/mol. The van der Waals surface area contributed by atoms with Crippen molar-refractivity contribution >= 4 is 0 Å². The topological polar surface area (TPSA) is 12.5 Å². The highest BCUT2D eigenvalue weighted by molar-refractivity contribution is 4.72. The Bertz CT molecular complexity index is 106. The molecule has 0 saturated carbocycles. The van der Waals surface area contributed by atoms with Crippen LogP contribution < -0.4 is 0 Å². The van der Waals surface area contributed by atoms with Crippen LogP contribution >= 0.6 is 0 Å². The summed E-state index contributed by atoms with van der Waals surface area (Å²) in [6.45, 7) is 5.57. The molecule has 1 atom stereocenters. The molecule has 1 heterocycles. The Kier molecular flexibility index (Phi) is 3.87. The van der Waals surface area contributed by atoms with Crippen molar-refractivity contribution in [3.05, 3.63) is 0 Å². The Morgan fingerprint density at radius 1 is 1.45 bits per heavy atom. The molecule has 1 aliphatic heterocycles. The zero-order valence-electron chi connectivity index (χ0n) is 7.68. The molecule has 0 aromatic heterocycles. The largest absolute Gasteiger partial charge is 0.383 e. The zero-order chi connectivity index (χ0) is 8.10. The summed E-state index contributed by atoms with van der Waals surface area (Å²) in [4.78, 5) is 2.52. The van der Waals surface area contributed by atoms with Gasteiger partial charge in [-0.15, -0.1) is 0 Å². The van der Waals surface area contributed by atoms with Crippen molar-refractivity contribution in [1.29, 1.82) is 0 Å². The van der Waals surface area contributed by atoms with Gasteiger partial charge in [-0.1, -0.05) is 6.42 Å². The van der Waals surface area contributed by atoms with Gasteiger partial charge in [-0.25, -0.2) is 0 Å². The number of ether oxygens (including phenoxy) is 1. The fourth-order valence-electron chi connectivity index (χ4n) is 1.70. The monoisotopic (exact) mass is 157 g/mol. The highest BCUT2D eigenvalue weighted by atomic mass is 16.5. The molecule has 1 fully saturated rings. The number of likely N-dealkylation sites (tertiary alicyclic amines) is 1. The molecular formula is C9H19NO. The lowest BCUT2D eigenvalue weighted by molar-refractivity contribution is 0.103. The molecule has 0 aliphatic carbocycles. The number of nitrogens with zero attached hydrogens (tertiary/aromatic N) is 1. The second-order valence-corrected chi connectivity index (χ2v) is 3.37. The van der Waals surface area contributed by atoms with Crippen molar-refractivity contribution in [2.24, 2.45) is 0 Å². The fourth-order valence-corrected chi connectivity index (χ4v) is 1.70. The molecule has 0 aromatic carbocycles. The molecule has 0 radical (unpaired) electrons. The maximum Gasteiger partial charge on any atom is 0.0589 e. The van der Waals surface area contributed by atoms with Gasteiger partial charge in [0, 0.05) is 19.7 Å². The zero-order valence-corrected chi connectivity index (χ0v) is 7.68. The summed E-state index contributed by atoms with van der Waals surface area (Å²) in [6.07, 6.45) is 4.14. The lowest BCUT2D eigenvalue weighted by Crippen LogP contribution is -2.39. The summed E-state index contributed by atoms with van der Waals surface area (Å²) in [6, 6.07) is 0.777. The average Bonchev–Trinajstić information content (AvgIpc) is 2.03. The SMILES string of the molecule is COCCN1CCCC[C@@H]1C. The van der Waals surface area contributed by atoms with Crippen LogP contribution in [0.25, 0.3) is 0 Å². The fraction of sp³-hybridized carbons (Fsp3) is 1.00. The molecule has 1 rings (SSSR count). The summed E-state index contributed by atoms with van der Waals surface area (Å²) in [5.74, 6) is 0.